The fourth-order valence-electron chi connectivity index (χ4n) is 6.08. The molecule has 4 bridgehead atoms. The van der Waals surface area contributed by atoms with Gasteiger partial charge in [0.25, 0.3) is 0 Å². The van der Waals surface area contributed by atoms with Crippen LogP contribution in [0.3, 0.4) is 0 Å². The Morgan fingerprint density at radius 1 is 0.821 bits per heavy atom. The van der Waals surface area contributed by atoms with Gasteiger partial charge in [-0.25, -0.2) is 0 Å². The van der Waals surface area contributed by atoms with Crippen molar-refractivity contribution in [2.24, 2.45) is 23.7 Å². The Morgan fingerprint density at radius 3 is 2.04 bits per heavy atom. The zero-order valence-electron chi connectivity index (χ0n) is 16.0. The van der Waals surface area contributed by atoms with Gasteiger partial charge in [-0.3, -0.25) is 0 Å². The second-order valence-electron chi connectivity index (χ2n) is 9.00. The van der Waals surface area contributed by atoms with E-state index < -0.39 is 0 Å². The minimum absolute atomic E-state index is 0.573. The molecule has 0 amide bonds. The maximum atomic E-state index is 6.07. The maximum absolute atomic E-state index is 6.07. The van der Waals surface area contributed by atoms with Crippen LogP contribution in [0.5, 0.6) is 5.75 Å². The third-order valence-corrected chi connectivity index (χ3v) is 8.23. The van der Waals surface area contributed by atoms with Crippen LogP contribution in [0.1, 0.15) is 43.2 Å². The predicted octanol–water partition coefficient (Wildman–Crippen LogP) is 6.70. The van der Waals surface area contributed by atoms with Crippen LogP contribution in [0.2, 0.25) is 0 Å². The lowest BCUT2D eigenvalue weighted by molar-refractivity contribution is -0.0142. The summed E-state index contributed by atoms with van der Waals surface area (Å²) in [6.07, 6.45) is 7.37. The van der Waals surface area contributed by atoms with Gasteiger partial charge in [0.1, 0.15) is 12.4 Å². The van der Waals surface area contributed by atoms with Crippen LogP contribution in [0.4, 0.5) is 0 Å². The predicted molar refractivity (Wildman–Crippen MR) is 120 cm³/mol. The molecule has 2 aromatic carbocycles. The van der Waals surface area contributed by atoms with Gasteiger partial charge in [-0.05, 0) is 111 Å². The van der Waals surface area contributed by atoms with Crippen LogP contribution in [0.25, 0.3) is 0 Å². The van der Waals surface area contributed by atoms with Crippen LogP contribution in [0.15, 0.2) is 51.4 Å². The standard InChI is InChI=1S/C24H27Br2NO/c25-21-11-18(12-22(26)24(21)28-14-15-4-2-1-3-5-15)13-27-23-19-7-16-6-17(9-19)10-20(23)8-16/h1-5,11-12,16-17,19-20,23,27H,6-10,13-14H2. The molecule has 148 valence electrons. The Kier molecular flexibility index (Phi) is 5.55. The minimum atomic E-state index is 0.573. The molecule has 0 radical (unpaired) electrons. The molecule has 0 aliphatic heterocycles. The number of halogens is 2. The van der Waals surface area contributed by atoms with Crippen molar-refractivity contribution in [1.29, 1.82) is 0 Å². The number of ether oxygens (including phenoxy) is 1. The van der Waals surface area contributed by atoms with Crippen molar-refractivity contribution >= 4 is 31.9 Å². The molecule has 2 nitrogen and oxygen atoms in total. The summed E-state index contributed by atoms with van der Waals surface area (Å²) in [7, 11) is 0. The van der Waals surface area contributed by atoms with Crippen molar-refractivity contribution in [2.75, 3.05) is 0 Å². The molecule has 2 aromatic rings. The first-order valence-electron chi connectivity index (χ1n) is 10.5. The Bertz CT molecular complexity index is 787. The summed E-state index contributed by atoms with van der Waals surface area (Å²) in [5.41, 5.74) is 2.48. The molecule has 0 heterocycles. The molecule has 0 saturated heterocycles. The summed E-state index contributed by atoms with van der Waals surface area (Å²) in [5.74, 6) is 4.77. The molecule has 0 atom stereocenters. The zero-order chi connectivity index (χ0) is 19.1. The molecule has 0 spiro atoms. The third kappa shape index (κ3) is 3.93. The fraction of sp³-hybridized carbons (Fsp3) is 0.500. The van der Waals surface area contributed by atoms with E-state index in [1.54, 1.807) is 0 Å². The lowest BCUT2D eigenvalue weighted by Gasteiger charge is -2.54. The second-order valence-corrected chi connectivity index (χ2v) is 10.7. The molecule has 4 fully saturated rings. The van der Waals surface area contributed by atoms with Gasteiger partial charge in [-0.15, -0.1) is 0 Å². The molecule has 0 unspecified atom stereocenters. The van der Waals surface area contributed by atoms with E-state index in [2.05, 4.69) is 61.4 Å². The molecule has 6 rings (SSSR count). The van der Waals surface area contributed by atoms with Crippen molar-refractivity contribution in [2.45, 2.75) is 51.3 Å². The van der Waals surface area contributed by atoms with Crippen molar-refractivity contribution < 1.29 is 4.74 Å². The summed E-state index contributed by atoms with van der Waals surface area (Å²) in [6.45, 7) is 1.51. The summed E-state index contributed by atoms with van der Waals surface area (Å²) >= 11 is 7.43. The number of nitrogens with one attached hydrogen (secondary N) is 1. The van der Waals surface area contributed by atoms with Gasteiger partial charge in [-0.2, -0.15) is 0 Å². The Labute approximate surface area is 184 Å². The van der Waals surface area contributed by atoms with E-state index in [9.17, 15) is 0 Å². The summed E-state index contributed by atoms with van der Waals surface area (Å²) in [4.78, 5) is 0. The van der Waals surface area contributed by atoms with Gasteiger partial charge < -0.3 is 10.1 Å². The smallest absolute Gasteiger partial charge is 0.148 e. The first-order valence-corrected chi connectivity index (χ1v) is 12.1. The SMILES string of the molecule is Brc1cc(CNC2C3CC4CC(C3)CC2C4)cc(Br)c1OCc1ccccc1. The van der Waals surface area contributed by atoms with E-state index in [1.165, 1.54) is 43.2 Å². The van der Waals surface area contributed by atoms with Gasteiger partial charge in [0, 0.05) is 12.6 Å². The van der Waals surface area contributed by atoms with E-state index in [4.69, 9.17) is 4.74 Å². The van der Waals surface area contributed by atoms with Gasteiger partial charge >= 0.3 is 0 Å². The van der Waals surface area contributed by atoms with Crippen LogP contribution >= 0.6 is 31.9 Å². The van der Waals surface area contributed by atoms with E-state index in [1.807, 2.05) is 18.2 Å². The average molecular weight is 505 g/mol. The van der Waals surface area contributed by atoms with Crippen LogP contribution in [-0.4, -0.2) is 6.04 Å². The monoisotopic (exact) mass is 503 g/mol. The Hall–Kier alpha value is -0.840. The van der Waals surface area contributed by atoms with Crippen LogP contribution < -0.4 is 10.1 Å². The average Bonchev–Trinajstić information content (AvgIpc) is 2.67. The summed E-state index contributed by atoms with van der Waals surface area (Å²) in [5, 5.41) is 3.93. The molecule has 1 N–H and O–H groups in total. The van der Waals surface area contributed by atoms with Crippen LogP contribution in [0, 0.1) is 23.7 Å². The summed E-state index contributed by atoms with van der Waals surface area (Å²) in [6, 6.07) is 15.4. The van der Waals surface area contributed by atoms with Crippen molar-refractivity contribution in [3.63, 3.8) is 0 Å². The molecule has 4 aliphatic rings. The first kappa shape index (κ1) is 19.1. The van der Waals surface area contributed by atoms with Crippen molar-refractivity contribution in [3.05, 3.63) is 62.5 Å². The minimum Gasteiger partial charge on any atom is -0.487 e. The molecule has 4 saturated carbocycles. The van der Waals surface area contributed by atoms with Crippen LogP contribution in [-0.2, 0) is 13.2 Å². The highest BCUT2D eigenvalue weighted by Gasteiger charge is 2.47. The number of hydrogen-bond acceptors (Lipinski definition) is 2. The van der Waals surface area contributed by atoms with Gasteiger partial charge in [0.05, 0.1) is 8.95 Å². The molecule has 0 aromatic heterocycles. The molecule has 28 heavy (non-hydrogen) atoms. The Morgan fingerprint density at radius 2 is 1.43 bits per heavy atom. The first-order chi connectivity index (χ1) is 13.7. The normalized spacial score (nSPS) is 30.6. The maximum Gasteiger partial charge on any atom is 0.148 e. The molecular formula is C24H27Br2NO. The van der Waals surface area contributed by atoms with Crippen molar-refractivity contribution in [1.82, 2.24) is 5.32 Å². The van der Waals surface area contributed by atoms with Gasteiger partial charge in [0.15, 0.2) is 0 Å². The van der Waals surface area contributed by atoms with E-state index >= 15 is 0 Å². The lowest BCUT2D eigenvalue weighted by atomic mass is 9.54. The highest BCUT2D eigenvalue weighted by Crippen LogP contribution is 2.53. The number of rotatable bonds is 6. The highest BCUT2D eigenvalue weighted by atomic mass is 79.9. The topological polar surface area (TPSA) is 21.3 Å². The molecular weight excluding hydrogens is 478 g/mol. The highest BCUT2D eigenvalue weighted by molar-refractivity contribution is 9.11. The second kappa shape index (κ2) is 8.12. The largest absolute Gasteiger partial charge is 0.487 e. The third-order valence-electron chi connectivity index (χ3n) is 7.05. The van der Waals surface area contributed by atoms with E-state index in [0.717, 1.165) is 51.0 Å². The number of benzene rings is 2. The Balaban J connectivity index is 1.23. The quantitative estimate of drug-likeness (QED) is 0.472. The molecule has 4 aliphatic carbocycles. The van der Waals surface area contributed by atoms with E-state index in [-0.39, 0.29) is 0 Å². The van der Waals surface area contributed by atoms with Gasteiger partial charge in [-0.1, -0.05) is 30.3 Å². The number of hydrogen-bond donors (Lipinski definition) is 1. The summed E-state index contributed by atoms with van der Waals surface area (Å²) < 4.78 is 8.09. The van der Waals surface area contributed by atoms with E-state index in [0.29, 0.717) is 6.61 Å². The zero-order valence-corrected chi connectivity index (χ0v) is 19.2. The lowest BCUT2D eigenvalue weighted by Crippen LogP contribution is -2.54. The fourth-order valence-corrected chi connectivity index (χ4v) is 7.59. The van der Waals surface area contributed by atoms with Gasteiger partial charge in [0.2, 0.25) is 0 Å². The van der Waals surface area contributed by atoms with Crippen molar-refractivity contribution in [3.8, 4) is 5.75 Å². The molecule has 4 heteroatoms.